The largest absolute Gasteiger partial charge is 0.492 e. The number of nitrogens with zero attached hydrogens (tertiary/aromatic N) is 2. The normalized spacial score (nSPS) is 11.2. The number of aromatic nitrogens is 2. The molecule has 0 unspecified atom stereocenters. The summed E-state index contributed by atoms with van der Waals surface area (Å²) in [6.07, 6.45) is -4.54. The first-order valence-corrected chi connectivity index (χ1v) is 9.02. The van der Waals surface area contributed by atoms with Crippen molar-refractivity contribution in [2.45, 2.75) is 20.0 Å². The molecule has 3 aromatic rings. The Labute approximate surface area is 169 Å². The number of hydrogen-bond donors (Lipinski definition) is 1. The van der Waals surface area contributed by atoms with Crippen LogP contribution in [0.3, 0.4) is 0 Å². The van der Waals surface area contributed by atoms with Crippen LogP contribution in [0.1, 0.15) is 28.7 Å². The lowest BCUT2D eigenvalue weighted by Crippen LogP contribution is -2.27. The van der Waals surface area contributed by atoms with Gasteiger partial charge in [-0.1, -0.05) is 18.2 Å². The van der Waals surface area contributed by atoms with Crippen LogP contribution in [0.4, 0.5) is 18.9 Å². The Hall–Kier alpha value is -3.62. The first-order valence-electron chi connectivity index (χ1n) is 9.02. The number of halogens is 3. The summed E-state index contributed by atoms with van der Waals surface area (Å²) in [4.78, 5) is 25.0. The van der Waals surface area contributed by atoms with Crippen LogP contribution >= 0.6 is 0 Å². The second-order valence-corrected chi connectivity index (χ2v) is 6.34. The van der Waals surface area contributed by atoms with E-state index in [1.54, 1.807) is 31.2 Å². The van der Waals surface area contributed by atoms with Gasteiger partial charge in [-0.15, -0.1) is 0 Å². The number of alkyl halides is 3. The lowest BCUT2D eigenvalue weighted by Gasteiger charge is -2.14. The molecule has 0 saturated carbocycles. The molecule has 30 heavy (non-hydrogen) atoms. The number of rotatable bonds is 5. The fraction of sp³-hybridized carbons (Fsp3) is 0.190. The zero-order chi connectivity index (χ0) is 21.9. The average molecular weight is 417 g/mol. The summed E-state index contributed by atoms with van der Waals surface area (Å²) in [6, 6.07) is 12.3. The molecule has 0 saturated heterocycles. The Bertz CT molecular complexity index is 1140. The number of ether oxygens (including phenoxy) is 1. The maximum Gasteiger partial charge on any atom is 0.416 e. The molecule has 0 aliphatic heterocycles. The molecule has 3 rings (SSSR count). The van der Waals surface area contributed by atoms with Crippen molar-refractivity contribution in [3.63, 3.8) is 0 Å². The summed E-state index contributed by atoms with van der Waals surface area (Å²) in [5.41, 5.74) is -1.27. The molecule has 0 aliphatic rings. The summed E-state index contributed by atoms with van der Waals surface area (Å²) in [7, 11) is 0. The molecule has 9 heteroatoms. The van der Waals surface area contributed by atoms with E-state index in [9.17, 15) is 22.8 Å². The molecule has 1 amide bonds. The zero-order valence-electron chi connectivity index (χ0n) is 16.2. The third-order valence-corrected chi connectivity index (χ3v) is 4.18. The summed E-state index contributed by atoms with van der Waals surface area (Å²) >= 11 is 0. The van der Waals surface area contributed by atoms with E-state index in [-0.39, 0.29) is 11.4 Å². The van der Waals surface area contributed by atoms with Gasteiger partial charge in [0.05, 0.1) is 23.5 Å². The van der Waals surface area contributed by atoms with Gasteiger partial charge in [0, 0.05) is 11.8 Å². The number of para-hydroxylation sites is 2. The van der Waals surface area contributed by atoms with Crippen LogP contribution < -0.4 is 15.5 Å². The molecule has 2 aromatic carbocycles. The molecular formula is C21H18F3N3O3. The van der Waals surface area contributed by atoms with Gasteiger partial charge < -0.3 is 10.1 Å². The highest BCUT2D eigenvalue weighted by Crippen LogP contribution is 2.30. The Morgan fingerprint density at radius 2 is 1.87 bits per heavy atom. The highest BCUT2D eigenvalue weighted by atomic mass is 19.4. The maximum absolute atomic E-state index is 13.0. The van der Waals surface area contributed by atoms with Gasteiger partial charge in [0.15, 0.2) is 5.69 Å². The van der Waals surface area contributed by atoms with Gasteiger partial charge >= 0.3 is 6.18 Å². The van der Waals surface area contributed by atoms with E-state index in [4.69, 9.17) is 4.74 Å². The van der Waals surface area contributed by atoms with Gasteiger partial charge in [0.25, 0.3) is 5.91 Å². The van der Waals surface area contributed by atoms with E-state index >= 15 is 0 Å². The van der Waals surface area contributed by atoms with Crippen molar-refractivity contribution < 1.29 is 22.7 Å². The van der Waals surface area contributed by atoms with Crippen LogP contribution in [0.25, 0.3) is 5.69 Å². The Morgan fingerprint density at radius 1 is 1.13 bits per heavy atom. The van der Waals surface area contributed by atoms with Gasteiger partial charge in [-0.25, -0.2) is 4.68 Å². The van der Waals surface area contributed by atoms with Crippen LogP contribution in [0, 0.1) is 6.92 Å². The number of hydrogen-bond acceptors (Lipinski definition) is 4. The topological polar surface area (TPSA) is 73.2 Å². The Kier molecular flexibility index (Phi) is 5.91. The molecule has 1 heterocycles. The second-order valence-electron chi connectivity index (χ2n) is 6.34. The monoisotopic (exact) mass is 417 g/mol. The third kappa shape index (κ3) is 4.51. The molecule has 1 N–H and O–H groups in total. The quantitative estimate of drug-likeness (QED) is 0.675. The van der Waals surface area contributed by atoms with Crippen molar-refractivity contribution in [1.29, 1.82) is 0 Å². The van der Waals surface area contributed by atoms with Crippen molar-refractivity contribution in [2.24, 2.45) is 0 Å². The minimum atomic E-state index is -4.54. The number of amides is 1. The highest BCUT2D eigenvalue weighted by Gasteiger charge is 2.30. The standard InChI is InChI=1S/C21H18F3N3O3/c1-3-30-18-10-5-4-9-16(18)25-20(29)19-17(28)11-13(2)27(26-19)15-8-6-7-14(12-15)21(22,23)24/h4-12H,3H2,1-2H3,(H,25,29). The second kappa shape index (κ2) is 8.40. The zero-order valence-corrected chi connectivity index (χ0v) is 16.2. The predicted molar refractivity (Wildman–Crippen MR) is 105 cm³/mol. The lowest BCUT2D eigenvalue weighted by atomic mass is 10.2. The van der Waals surface area contributed by atoms with E-state index < -0.39 is 28.8 Å². The first kappa shape index (κ1) is 21.1. The van der Waals surface area contributed by atoms with Crippen molar-refractivity contribution in [2.75, 3.05) is 11.9 Å². The van der Waals surface area contributed by atoms with Gasteiger partial charge in [-0.2, -0.15) is 18.3 Å². The number of carbonyl (C=O) groups excluding carboxylic acids is 1. The van der Waals surface area contributed by atoms with E-state index in [2.05, 4.69) is 10.4 Å². The minimum absolute atomic E-state index is 0.0751. The highest BCUT2D eigenvalue weighted by molar-refractivity contribution is 6.03. The molecule has 0 radical (unpaired) electrons. The molecule has 0 atom stereocenters. The number of benzene rings is 2. The minimum Gasteiger partial charge on any atom is -0.492 e. The van der Waals surface area contributed by atoms with Crippen molar-refractivity contribution in [3.05, 3.63) is 81.8 Å². The van der Waals surface area contributed by atoms with Crippen molar-refractivity contribution in [1.82, 2.24) is 9.78 Å². The van der Waals surface area contributed by atoms with E-state index in [0.29, 0.717) is 18.0 Å². The smallest absolute Gasteiger partial charge is 0.416 e. The van der Waals surface area contributed by atoms with Gasteiger partial charge in [0.1, 0.15) is 5.75 Å². The van der Waals surface area contributed by atoms with Crippen LogP contribution in [-0.2, 0) is 6.18 Å². The van der Waals surface area contributed by atoms with Crippen LogP contribution in [0.5, 0.6) is 5.75 Å². The molecule has 1 aromatic heterocycles. The maximum atomic E-state index is 13.0. The fourth-order valence-electron chi connectivity index (χ4n) is 2.81. The van der Waals surface area contributed by atoms with E-state index in [1.807, 2.05) is 0 Å². The van der Waals surface area contributed by atoms with E-state index in [0.717, 1.165) is 22.9 Å². The summed E-state index contributed by atoms with van der Waals surface area (Å²) in [6.45, 7) is 3.67. The fourth-order valence-corrected chi connectivity index (χ4v) is 2.81. The molecule has 6 nitrogen and oxygen atoms in total. The summed E-state index contributed by atoms with van der Waals surface area (Å²) < 4.78 is 45.7. The predicted octanol–water partition coefficient (Wildman–Crippen LogP) is 4.21. The van der Waals surface area contributed by atoms with Crippen molar-refractivity contribution in [3.8, 4) is 11.4 Å². The third-order valence-electron chi connectivity index (χ3n) is 4.18. The molecule has 0 spiro atoms. The number of nitrogens with one attached hydrogen (secondary N) is 1. The van der Waals surface area contributed by atoms with Gasteiger partial charge in [0.2, 0.25) is 5.43 Å². The van der Waals surface area contributed by atoms with Gasteiger partial charge in [-0.05, 0) is 44.2 Å². The number of carbonyl (C=O) groups is 1. The molecule has 0 aliphatic carbocycles. The van der Waals surface area contributed by atoms with E-state index in [1.165, 1.54) is 19.1 Å². The summed E-state index contributed by atoms with van der Waals surface area (Å²) in [5.74, 6) is -0.383. The van der Waals surface area contributed by atoms with Crippen LogP contribution in [0.15, 0.2) is 59.4 Å². The average Bonchev–Trinajstić information content (AvgIpc) is 2.69. The first-order chi connectivity index (χ1) is 14.2. The molecule has 0 fully saturated rings. The molecular weight excluding hydrogens is 399 g/mol. The van der Waals surface area contributed by atoms with Gasteiger partial charge in [-0.3, -0.25) is 9.59 Å². The molecule has 156 valence electrons. The lowest BCUT2D eigenvalue weighted by molar-refractivity contribution is -0.137. The number of anilines is 1. The molecule has 0 bridgehead atoms. The van der Waals surface area contributed by atoms with Crippen LogP contribution in [-0.4, -0.2) is 22.3 Å². The Morgan fingerprint density at radius 3 is 2.57 bits per heavy atom. The van der Waals surface area contributed by atoms with Crippen molar-refractivity contribution >= 4 is 11.6 Å². The van der Waals surface area contributed by atoms with Crippen LogP contribution in [0.2, 0.25) is 0 Å². The number of aryl methyl sites for hydroxylation is 1. The Balaban J connectivity index is 2.00. The summed E-state index contributed by atoms with van der Waals surface area (Å²) in [5, 5.41) is 6.59. The SMILES string of the molecule is CCOc1ccccc1NC(=O)c1nn(-c2cccc(C(F)(F)F)c2)c(C)cc1=O.